The summed E-state index contributed by atoms with van der Waals surface area (Å²) in [5, 5.41) is 8.01. The molecule has 1 aromatic heterocycles. The van der Waals surface area contributed by atoms with E-state index in [1.165, 1.54) is 25.0 Å². The number of hydrogen-bond donors (Lipinski definition) is 1. The lowest BCUT2D eigenvalue weighted by Gasteiger charge is -2.17. The maximum absolute atomic E-state index is 4.44. The van der Waals surface area contributed by atoms with Crippen LogP contribution in [0.25, 0.3) is 0 Å². The summed E-state index contributed by atoms with van der Waals surface area (Å²) in [4.78, 5) is 0. The third kappa shape index (κ3) is 3.32. The van der Waals surface area contributed by atoms with Crippen LogP contribution in [0.2, 0.25) is 0 Å². The molecule has 0 aliphatic heterocycles. The molecule has 1 unspecified atom stereocenters. The number of nitrogens with zero attached hydrogens (tertiary/aromatic N) is 2. The SMILES string of the molecule is CC(CCNC1CC1)c1c(Br)cnn1C(C)C. The first-order valence-corrected chi connectivity index (χ1v) is 7.35. The Morgan fingerprint density at radius 2 is 2.18 bits per heavy atom. The van der Waals surface area contributed by atoms with Crippen molar-refractivity contribution in [1.82, 2.24) is 15.1 Å². The van der Waals surface area contributed by atoms with Gasteiger partial charge >= 0.3 is 0 Å². The summed E-state index contributed by atoms with van der Waals surface area (Å²) in [6, 6.07) is 1.23. The van der Waals surface area contributed by atoms with Gasteiger partial charge in [0.1, 0.15) is 0 Å². The minimum Gasteiger partial charge on any atom is -0.314 e. The highest BCUT2D eigenvalue weighted by Gasteiger charge is 2.21. The average Bonchev–Trinajstić information content (AvgIpc) is 2.99. The molecular formula is C13H22BrN3. The second kappa shape index (κ2) is 5.53. The fourth-order valence-corrected chi connectivity index (χ4v) is 2.82. The molecule has 96 valence electrons. The van der Waals surface area contributed by atoms with Crippen molar-refractivity contribution < 1.29 is 0 Å². The molecular weight excluding hydrogens is 278 g/mol. The summed E-state index contributed by atoms with van der Waals surface area (Å²) in [6.07, 6.45) is 5.82. The molecule has 4 heteroatoms. The van der Waals surface area contributed by atoms with Gasteiger partial charge in [-0.05, 0) is 55.6 Å². The van der Waals surface area contributed by atoms with Crippen LogP contribution in [0.1, 0.15) is 57.7 Å². The lowest BCUT2D eigenvalue weighted by molar-refractivity contribution is 0.475. The van der Waals surface area contributed by atoms with Crippen LogP contribution < -0.4 is 5.32 Å². The van der Waals surface area contributed by atoms with E-state index in [1.54, 1.807) is 0 Å². The van der Waals surface area contributed by atoms with Crippen LogP contribution in [0, 0.1) is 0 Å². The third-order valence-corrected chi connectivity index (χ3v) is 3.94. The van der Waals surface area contributed by atoms with Crippen molar-refractivity contribution in [2.24, 2.45) is 0 Å². The van der Waals surface area contributed by atoms with E-state index in [0.29, 0.717) is 12.0 Å². The molecule has 0 amide bonds. The van der Waals surface area contributed by atoms with E-state index in [1.807, 2.05) is 6.20 Å². The smallest absolute Gasteiger partial charge is 0.0635 e. The molecule has 17 heavy (non-hydrogen) atoms. The van der Waals surface area contributed by atoms with Gasteiger partial charge in [0.25, 0.3) is 0 Å². The molecule has 0 saturated heterocycles. The summed E-state index contributed by atoms with van der Waals surface area (Å²) in [5.41, 5.74) is 1.33. The van der Waals surface area contributed by atoms with E-state index in [-0.39, 0.29) is 0 Å². The molecule has 2 rings (SSSR count). The highest BCUT2D eigenvalue weighted by Crippen LogP contribution is 2.29. The zero-order chi connectivity index (χ0) is 12.4. The van der Waals surface area contributed by atoms with Crippen molar-refractivity contribution in [2.45, 2.75) is 58.0 Å². The summed E-state index contributed by atoms with van der Waals surface area (Å²) in [6.45, 7) is 7.76. The van der Waals surface area contributed by atoms with Gasteiger partial charge in [0.2, 0.25) is 0 Å². The van der Waals surface area contributed by atoms with Crippen molar-refractivity contribution in [3.05, 3.63) is 16.4 Å². The number of hydrogen-bond acceptors (Lipinski definition) is 2. The van der Waals surface area contributed by atoms with Crippen molar-refractivity contribution >= 4 is 15.9 Å². The van der Waals surface area contributed by atoms with Crippen molar-refractivity contribution in [3.8, 4) is 0 Å². The highest BCUT2D eigenvalue weighted by molar-refractivity contribution is 9.10. The Morgan fingerprint density at radius 3 is 2.76 bits per heavy atom. The Labute approximate surface area is 112 Å². The Morgan fingerprint density at radius 1 is 1.47 bits per heavy atom. The molecule has 0 radical (unpaired) electrons. The highest BCUT2D eigenvalue weighted by atomic mass is 79.9. The van der Waals surface area contributed by atoms with Crippen LogP contribution in [-0.4, -0.2) is 22.4 Å². The lowest BCUT2D eigenvalue weighted by Crippen LogP contribution is -2.20. The minimum atomic E-state index is 0.426. The van der Waals surface area contributed by atoms with E-state index < -0.39 is 0 Å². The number of halogens is 1. The molecule has 1 aromatic rings. The van der Waals surface area contributed by atoms with Gasteiger partial charge in [-0.15, -0.1) is 0 Å². The fraction of sp³-hybridized carbons (Fsp3) is 0.769. The van der Waals surface area contributed by atoms with Crippen LogP contribution >= 0.6 is 15.9 Å². The third-order valence-electron chi connectivity index (χ3n) is 3.33. The summed E-state index contributed by atoms with van der Waals surface area (Å²) in [7, 11) is 0. The Hall–Kier alpha value is -0.350. The van der Waals surface area contributed by atoms with Gasteiger partial charge in [-0.25, -0.2) is 0 Å². The van der Waals surface area contributed by atoms with Crippen molar-refractivity contribution in [3.63, 3.8) is 0 Å². The van der Waals surface area contributed by atoms with Gasteiger partial charge in [0, 0.05) is 18.0 Å². The molecule has 1 saturated carbocycles. The second-order valence-corrected chi connectivity index (χ2v) is 6.19. The standard InChI is InChI=1S/C13H22BrN3/c1-9(2)17-13(12(14)8-16-17)10(3)6-7-15-11-4-5-11/h8-11,15H,4-7H2,1-3H3. The van der Waals surface area contributed by atoms with Crippen molar-refractivity contribution in [1.29, 1.82) is 0 Å². The van der Waals surface area contributed by atoms with Crippen LogP contribution in [0.15, 0.2) is 10.7 Å². The first kappa shape index (κ1) is 13.1. The van der Waals surface area contributed by atoms with Gasteiger partial charge < -0.3 is 5.32 Å². The molecule has 1 aliphatic rings. The Balaban J connectivity index is 1.95. The maximum Gasteiger partial charge on any atom is 0.0635 e. The largest absolute Gasteiger partial charge is 0.314 e. The molecule has 3 nitrogen and oxygen atoms in total. The van der Waals surface area contributed by atoms with Gasteiger partial charge in [0.05, 0.1) is 16.4 Å². The van der Waals surface area contributed by atoms with Crippen LogP contribution in [0.4, 0.5) is 0 Å². The number of aromatic nitrogens is 2. The molecule has 1 N–H and O–H groups in total. The summed E-state index contributed by atoms with van der Waals surface area (Å²) in [5.74, 6) is 0.542. The van der Waals surface area contributed by atoms with Gasteiger partial charge in [0.15, 0.2) is 0 Å². The Bertz CT molecular complexity index is 369. The molecule has 1 fully saturated rings. The molecule has 0 bridgehead atoms. The molecule has 1 heterocycles. The molecule has 1 atom stereocenters. The fourth-order valence-electron chi connectivity index (χ4n) is 2.15. The number of rotatable bonds is 6. The van der Waals surface area contributed by atoms with Gasteiger partial charge in [-0.3, -0.25) is 4.68 Å². The van der Waals surface area contributed by atoms with E-state index in [4.69, 9.17) is 0 Å². The van der Waals surface area contributed by atoms with E-state index in [9.17, 15) is 0 Å². The molecule has 1 aliphatic carbocycles. The monoisotopic (exact) mass is 299 g/mol. The first-order chi connectivity index (χ1) is 8.09. The van der Waals surface area contributed by atoms with Crippen molar-refractivity contribution in [2.75, 3.05) is 6.54 Å². The number of nitrogens with one attached hydrogen (secondary N) is 1. The zero-order valence-electron chi connectivity index (χ0n) is 10.9. The summed E-state index contributed by atoms with van der Waals surface area (Å²) >= 11 is 3.62. The minimum absolute atomic E-state index is 0.426. The topological polar surface area (TPSA) is 29.9 Å². The quantitative estimate of drug-likeness (QED) is 0.872. The summed E-state index contributed by atoms with van der Waals surface area (Å²) < 4.78 is 3.27. The van der Waals surface area contributed by atoms with Gasteiger partial charge in [-0.2, -0.15) is 5.10 Å². The average molecular weight is 300 g/mol. The van der Waals surface area contributed by atoms with Crippen LogP contribution in [-0.2, 0) is 0 Å². The first-order valence-electron chi connectivity index (χ1n) is 6.56. The lowest BCUT2D eigenvalue weighted by atomic mass is 10.0. The predicted octanol–water partition coefficient (Wildman–Crippen LogP) is 3.47. The van der Waals surface area contributed by atoms with E-state index in [0.717, 1.165) is 17.1 Å². The molecule has 0 aromatic carbocycles. The normalized spacial score (nSPS) is 17.7. The maximum atomic E-state index is 4.44. The molecule has 0 spiro atoms. The Kier molecular flexibility index (Phi) is 4.26. The van der Waals surface area contributed by atoms with Crippen LogP contribution in [0.5, 0.6) is 0 Å². The zero-order valence-corrected chi connectivity index (χ0v) is 12.5. The van der Waals surface area contributed by atoms with Crippen LogP contribution in [0.3, 0.4) is 0 Å². The van der Waals surface area contributed by atoms with Gasteiger partial charge in [-0.1, -0.05) is 6.92 Å². The van der Waals surface area contributed by atoms with E-state index >= 15 is 0 Å². The van der Waals surface area contributed by atoms with E-state index in [2.05, 4.69) is 51.8 Å². The predicted molar refractivity (Wildman–Crippen MR) is 74.4 cm³/mol. The second-order valence-electron chi connectivity index (χ2n) is 5.33.